The SMILES string of the molecule is CC/C=C\C/C=C\C/C=C\C/C=C\C/C=C\C/C=C\CCCCCCCCCCC(=O)OCC(COC(=O)CCCCCCCCC/C=C\CCCCCCCCC)OC(=O)CCCCCCCC/C=C\C/C=C\C/C=C\C/C=C\CC. The van der Waals surface area contributed by atoms with Gasteiger partial charge in [0.1, 0.15) is 13.2 Å². The van der Waals surface area contributed by atoms with Crippen LogP contribution in [-0.4, -0.2) is 37.2 Å². The number of rotatable bonds is 61. The summed E-state index contributed by atoms with van der Waals surface area (Å²) in [5.74, 6) is -0.911. The van der Waals surface area contributed by atoms with E-state index >= 15 is 0 Å². The quantitative estimate of drug-likeness (QED) is 0.0261. The third-order valence-corrected chi connectivity index (χ3v) is 14.4. The molecule has 0 aromatic heterocycles. The molecule has 466 valence electrons. The Morgan fingerprint density at radius 1 is 0.256 bits per heavy atom. The Morgan fingerprint density at radius 3 is 0.756 bits per heavy atom. The second-order valence-corrected chi connectivity index (χ2v) is 22.3. The zero-order chi connectivity index (χ0) is 59.2. The van der Waals surface area contributed by atoms with Gasteiger partial charge in [-0.3, -0.25) is 14.4 Å². The maximum absolute atomic E-state index is 12.9. The Hall–Kier alpha value is -4.45. The van der Waals surface area contributed by atoms with E-state index < -0.39 is 6.10 Å². The fraction of sp³-hybridized carbons (Fsp3) is 0.671. The number of carbonyl (C=O) groups excluding carboxylic acids is 3. The molecule has 82 heavy (non-hydrogen) atoms. The number of hydrogen-bond acceptors (Lipinski definition) is 6. The maximum Gasteiger partial charge on any atom is 0.306 e. The lowest BCUT2D eigenvalue weighted by atomic mass is 10.1. The van der Waals surface area contributed by atoms with Crippen LogP contribution in [0.2, 0.25) is 0 Å². The van der Waals surface area contributed by atoms with E-state index in [2.05, 4.69) is 154 Å². The van der Waals surface area contributed by atoms with Crippen molar-refractivity contribution in [3.05, 3.63) is 134 Å². The van der Waals surface area contributed by atoms with E-state index in [1.54, 1.807) is 0 Å². The summed E-state index contributed by atoms with van der Waals surface area (Å²) in [5.41, 5.74) is 0. The summed E-state index contributed by atoms with van der Waals surface area (Å²) in [5, 5.41) is 0. The van der Waals surface area contributed by atoms with E-state index in [1.165, 1.54) is 128 Å². The van der Waals surface area contributed by atoms with Crippen LogP contribution in [0.5, 0.6) is 0 Å². The molecule has 1 atom stereocenters. The van der Waals surface area contributed by atoms with Crippen LogP contribution < -0.4 is 0 Å². The Bertz CT molecular complexity index is 1730. The highest BCUT2D eigenvalue weighted by Gasteiger charge is 2.19. The van der Waals surface area contributed by atoms with Crippen molar-refractivity contribution in [3.63, 3.8) is 0 Å². The van der Waals surface area contributed by atoms with Crippen LogP contribution in [-0.2, 0) is 28.6 Å². The lowest BCUT2D eigenvalue weighted by Crippen LogP contribution is -2.30. The summed E-state index contributed by atoms with van der Waals surface area (Å²) in [6.45, 7) is 6.41. The number of unbranched alkanes of at least 4 members (excludes halogenated alkanes) is 28. The molecule has 0 bridgehead atoms. The molecule has 0 rings (SSSR count). The fourth-order valence-electron chi connectivity index (χ4n) is 9.32. The fourth-order valence-corrected chi connectivity index (χ4v) is 9.32. The lowest BCUT2D eigenvalue weighted by Gasteiger charge is -2.18. The van der Waals surface area contributed by atoms with Crippen molar-refractivity contribution in [3.8, 4) is 0 Å². The summed E-state index contributed by atoms with van der Waals surface area (Å²) >= 11 is 0. The molecular weight excluding hydrogens is 1010 g/mol. The van der Waals surface area contributed by atoms with Crippen molar-refractivity contribution in [1.29, 1.82) is 0 Å². The van der Waals surface area contributed by atoms with Crippen molar-refractivity contribution in [1.82, 2.24) is 0 Å². The first-order valence-electron chi connectivity index (χ1n) is 34.2. The Labute approximate surface area is 506 Å². The smallest absolute Gasteiger partial charge is 0.306 e. The van der Waals surface area contributed by atoms with E-state index in [1.807, 2.05) is 0 Å². The predicted octanol–water partition coefficient (Wildman–Crippen LogP) is 23.7. The first-order valence-corrected chi connectivity index (χ1v) is 34.2. The molecule has 0 saturated carbocycles. The van der Waals surface area contributed by atoms with Crippen LogP contribution >= 0.6 is 0 Å². The molecule has 0 aliphatic heterocycles. The number of carbonyl (C=O) groups is 3. The van der Waals surface area contributed by atoms with Crippen molar-refractivity contribution in [2.24, 2.45) is 0 Å². The molecule has 0 N–H and O–H groups in total. The Balaban J connectivity index is 4.42. The van der Waals surface area contributed by atoms with Crippen LogP contribution in [0.15, 0.2) is 134 Å². The van der Waals surface area contributed by atoms with E-state index in [9.17, 15) is 14.4 Å². The summed E-state index contributed by atoms with van der Waals surface area (Å²) in [6, 6.07) is 0. The third kappa shape index (κ3) is 66.4. The van der Waals surface area contributed by atoms with Gasteiger partial charge in [0, 0.05) is 19.3 Å². The minimum atomic E-state index is -0.798. The van der Waals surface area contributed by atoms with E-state index in [0.29, 0.717) is 19.3 Å². The molecule has 6 nitrogen and oxygen atoms in total. The van der Waals surface area contributed by atoms with Crippen LogP contribution in [0.25, 0.3) is 0 Å². The summed E-state index contributed by atoms with van der Waals surface area (Å²) in [7, 11) is 0. The largest absolute Gasteiger partial charge is 0.462 e. The minimum absolute atomic E-state index is 0.0913. The maximum atomic E-state index is 12.9. The molecule has 1 unspecified atom stereocenters. The second-order valence-electron chi connectivity index (χ2n) is 22.3. The summed E-state index contributed by atoms with van der Waals surface area (Å²) < 4.78 is 17.0. The zero-order valence-electron chi connectivity index (χ0n) is 53.5. The average molecular weight is 1140 g/mol. The van der Waals surface area contributed by atoms with Gasteiger partial charge in [0.15, 0.2) is 6.10 Å². The number of ether oxygens (including phenoxy) is 3. The van der Waals surface area contributed by atoms with Gasteiger partial charge in [-0.15, -0.1) is 0 Å². The minimum Gasteiger partial charge on any atom is -0.462 e. The van der Waals surface area contributed by atoms with Crippen molar-refractivity contribution in [2.45, 2.75) is 316 Å². The molecule has 0 radical (unpaired) electrons. The highest BCUT2D eigenvalue weighted by Crippen LogP contribution is 2.16. The highest BCUT2D eigenvalue weighted by molar-refractivity contribution is 5.71. The van der Waals surface area contributed by atoms with Crippen LogP contribution in [0, 0.1) is 0 Å². The second kappa shape index (κ2) is 69.0. The van der Waals surface area contributed by atoms with Gasteiger partial charge >= 0.3 is 17.9 Å². The van der Waals surface area contributed by atoms with Crippen LogP contribution in [0.4, 0.5) is 0 Å². The molecule has 0 aromatic carbocycles. The molecule has 0 spiro atoms. The van der Waals surface area contributed by atoms with Gasteiger partial charge in [-0.05, 0) is 135 Å². The lowest BCUT2D eigenvalue weighted by molar-refractivity contribution is -0.167. The standard InChI is InChI=1S/C76H126O6/c1-4-7-10-13-16-19-22-25-28-31-34-35-36-37-38-39-40-41-43-45-48-51-54-57-60-63-66-69-75(78)81-72-73(71-80-74(77)68-65-62-59-56-53-50-47-44-33-30-27-24-21-18-15-12-9-6-3)82-76(79)70-67-64-61-58-55-52-49-46-42-32-29-26-23-20-17-14-11-8-5-2/h7-8,10-11,16-17,19-20,25-26,28-30,33-35,37-38,40-42,46,73H,4-6,9,12-15,18,21-24,27,31-32,36,39,43-45,47-72H2,1-3H3/b10-7-,11-8-,19-16-,20-17-,28-25-,29-26-,33-30-,35-34-,38-37-,41-40-,46-42-. The molecule has 0 heterocycles. The van der Waals surface area contributed by atoms with E-state index in [-0.39, 0.29) is 31.1 Å². The summed E-state index contributed by atoms with van der Waals surface area (Å²) in [4.78, 5) is 38.5. The molecular formula is C76H126O6. The van der Waals surface area contributed by atoms with Crippen molar-refractivity contribution < 1.29 is 28.6 Å². The molecule has 0 aliphatic carbocycles. The van der Waals surface area contributed by atoms with Gasteiger partial charge in [-0.25, -0.2) is 0 Å². The molecule has 0 amide bonds. The number of esters is 3. The Kier molecular flexibility index (Phi) is 65.3. The average Bonchev–Trinajstić information content (AvgIpc) is 3.47. The van der Waals surface area contributed by atoms with Gasteiger partial charge in [-0.2, -0.15) is 0 Å². The van der Waals surface area contributed by atoms with E-state index in [0.717, 1.165) is 141 Å². The molecule has 6 heteroatoms. The predicted molar refractivity (Wildman–Crippen MR) is 357 cm³/mol. The van der Waals surface area contributed by atoms with Crippen LogP contribution in [0.1, 0.15) is 310 Å². The number of allylic oxidation sites excluding steroid dienone is 22. The first kappa shape index (κ1) is 77.5. The molecule has 0 aliphatic rings. The first-order chi connectivity index (χ1) is 40.5. The van der Waals surface area contributed by atoms with Crippen molar-refractivity contribution in [2.75, 3.05) is 13.2 Å². The zero-order valence-corrected chi connectivity index (χ0v) is 53.5. The van der Waals surface area contributed by atoms with Gasteiger partial charge in [0.05, 0.1) is 0 Å². The van der Waals surface area contributed by atoms with Crippen LogP contribution in [0.3, 0.4) is 0 Å². The highest BCUT2D eigenvalue weighted by atomic mass is 16.6. The Morgan fingerprint density at radius 2 is 0.476 bits per heavy atom. The monoisotopic (exact) mass is 1130 g/mol. The van der Waals surface area contributed by atoms with E-state index in [4.69, 9.17) is 14.2 Å². The van der Waals surface area contributed by atoms with Gasteiger partial charge in [-0.1, -0.05) is 289 Å². The third-order valence-electron chi connectivity index (χ3n) is 14.4. The van der Waals surface area contributed by atoms with Crippen molar-refractivity contribution >= 4 is 17.9 Å². The molecule has 0 fully saturated rings. The molecule has 0 saturated heterocycles. The van der Waals surface area contributed by atoms with Gasteiger partial charge < -0.3 is 14.2 Å². The number of hydrogen-bond donors (Lipinski definition) is 0. The topological polar surface area (TPSA) is 78.9 Å². The van der Waals surface area contributed by atoms with Gasteiger partial charge in [0.25, 0.3) is 0 Å². The van der Waals surface area contributed by atoms with Gasteiger partial charge in [0.2, 0.25) is 0 Å². The normalized spacial score (nSPS) is 13.0. The molecule has 0 aromatic rings. The summed E-state index contributed by atoms with van der Waals surface area (Å²) in [6.07, 6.45) is 97.4.